The van der Waals surface area contributed by atoms with E-state index in [0.29, 0.717) is 5.65 Å². The van der Waals surface area contributed by atoms with Crippen LogP contribution in [0, 0.1) is 0 Å². The van der Waals surface area contributed by atoms with E-state index in [1.807, 2.05) is 0 Å². The van der Waals surface area contributed by atoms with Crippen LogP contribution in [0.3, 0.4) is 0 Å². The van der Waals surface area contributed by atoms with Crippen LogP contribution in [-0.4, -0.2) is 33.3 Å². The van der Waals surface area contributed by atoms with Gasteiger partial charge in [-0.2, -0.15) is 0 Å². The Bertz CT molecular complexity index is 1070. The molecule has 0 radical (unpaired) electrons. The Morgan fingerprint density at radius 3 is 2.71 bits per heavy atom. The maximum absolute atomic E-state index is 13.3. The van der Waals surface area contributed by atoms with Crippen molar-refractivity contribution in [3.8, 4) is 5.75 Å². The third-order valence-corrected chi connectivity index (χ3v) is 4.42. The molecule has 3 aromatic heterocycles. The predicted octanol–water partition coefficient (Wildman–Crippen LogP) is 4.05. The monoisotopic (exact) mass is 394 g/mol. The second-order valence-electron chi connectivity index (χ2n) is 6.41. The molecule has 1 fully saturated rings. The van der Waals surface area contributed by atoms with Gasteiger partial charge < -0.3 is 14.5 Å². The van der Waals surface area contributed by atoms with Gasteiger partial charge in [0.05, 0.1) is 24.4 Å². The summed E-state index contributed by atoms with van der Waals surface area (Å²) in [4.78, 5) is 20.2. The minimum atomic E-state index is -2.80. The van der Waals surface area contributed by atoms with Gasteiger partial charge in [0.2, 0.25) is 0 Å². The molecule has 1 N–H and O–H groups in total. The molecule has 0 aromatic carbocycles. The number of amides is 1. The summed E-state index contributed by atoms with van der Waals surface area (Å²) in [6.45, 7) is 0. The third-order valence-electron chi connectivity index (χ3n) is 4.42. The summed E-state index contributed by atoms with van der Waals surface area (Å²) in [5.41, 5.74) is 0.144. The van der Waals surface area contributed by atoms with Crippen molar-refractivity contribution < 1.29 is 27.1 Å². The van der Waals surface area contributed by atoms with E-state index in [9.17, 15) is 22.4 Å². The van der Waals surface area contributed by atoms with Crippen molar-refractivity contribution in [2.24, 2.45) is 0 Å². The number of fused-ring (bicyclic) bond motifs is 1. The average Bonchev–Trinajstić information content (AvgIpc) is 3.10. The molecule has 3 aromatic rings. The summed E-state index contributed by atoms with van der Waals surface area (Å²) >= 11 is 0. The number of halogens is 4. The van der Waals surface area contributed by atoms with Crippen LogP contribution in [0.5, 0.6) is 5.75 Å². The lowest BCUT2D eigenvalue weighted by Crippen LogP contribution is -2.15. The molecule has 1 saturated carbocycles. The highest BCUT2D eigenvalue weighted by Crippen LogP contribution is 2.55. The van der Waals surface area contributed by atoms with Crippen LogP contribution in [0.2, 0.25) is 0 Å². The lowest BCUT2D eigenvalue weighted by atomic mass is 10.3. The smallest absolute Gasteiger partial charge is 0.280 e. The van der Waals surface area contributed by atoms with Gasteiger partial charge in [-0.1, -0.05) is 6.07 Å². The number of anilines is 1. The number of imidazole rings is 1. The molecule has 1 atom stereocenters. The Hall–Kier alpha value is -3.17. The van der Waals surface area contributed by atoms with Crippen LogP contribution >= 0.6 is 0 Å². The zero-order valence-corrected chi connectivity index (χ0v) is 14.5. The number of rotatable bonds is 5. The first kappa shape index (κ1) is 18.2. The van der Waals surface area contributed by atoms with Crippen LogP contribution in [0.1, 0.15) is 40.6 Å². The number of methoxy groups -OCH3 is 1. The highest BCUT2D eigenvalue weighted by Gasteiger charge is 2.58. The van der Waals surface area contributed by atoms with E-state index in [-0.39, 0.29) is 29.2 Å². The van der Waals surface area contributed by atoms with Crippen molar-refractivity contribution >= 4 is 17.2 Å². The highest BCUT2D eigenvalue weighted by atomic mass is 19.3. The molecule has 1 aliphatic rings. The molecule has 1 amide bonds. The summed E-state index contributed by atoms with van der Waals surface area (Å²) in [6, 6.07) is 5.20. The number of hydrogen-bond donors (Lipinski definition) is 1. The average molecular weight is 394 g/mol. The van der Waals surface area contributed by atoms with Crippen molar-refractivity contribution in [1.82, 2.24) is 14.4 Å². The molecule has 10 heteroatoms. The summed E-state index contributed by atoms with van der Waals surface area (Å²) in [5, 5.41) is 2.54. The van der Waals surface area contributed by atoms with E-state index in [1.165, 1.54) is 42.1 Å². The standard InChI is InChI=1S/C18H14F4N4O2/c1-28-14-5-9(23-17(27)12-4-2-3-11(24-12)15(19)20)7-26-8-13(25-16(14)26)10-6-18(10,21)22/h2-5,7-8,10,15H,6H2,1H3,(H,23,27). The summed E-state index contributed by atoms with van der Waals surface area (Å²) in [6.07, 6.45) is -0.123. The van der Waals surface area contributed by atoms with Crippen LogP contribution in [0.15, 0.2) is 36.7 Å². The van der Waals surface area contributed by atoms with Crippen molar-refractivity contribution in [1.29, 1.82) is 0 Å². The van der Waals surface area contributed by atoms with Gasteiger partial charge in [0, 0.05) is 24.9 Å². The summed E-state index contributed by atoms with van der Waals surface area (Å²) in [5.74, 6) is -4.12. The molecule has 0 aliphatic heterocycles. The maximum atomic E-state index is 13.3. The molecule has 0 bridgehead atoms. The number of aromatic nitrogens is 3. The van der Waals surface area contributed by atoms with Crippen molar-refractivity contribution in [2.45, 2.75) is 24.7 Å². The fraction of sp³-hybridized carbons (Fsp3) is 0.278. The predicted molar refractivity (Wildman–Crippen MR) is 91.2 cm³/mol. The zero-order chi connectivity index (χ0) is 20.1. The highest BCUT2D eigenvalue weighted by molar-refractivity contribution is 6.03. The number of ether oxygens (including phenoxy) is 1. The number of nitrogens with zero attached hydrogens (tertiary/aromatic N) is 3. The Morgan fingerprint density at radius 2 is 2.07 bits per heavy atom. The number of hydrogen-bond acceptors (Lipinski definition) is 4. The van der Waals surface area contributed by atoms with Crippen LogP contribution in [-0.2, 0) is 0 Å². The SMILES string of the molecule is COc1cc(NC(=O)c2cccc(C(F)F)n2)cn2cc(C3CC3(F)F)nc12. The van der Waals surface area contributed by atoms with Gasteiger partial charge in [-0.05, 0) is 12.1 Å². The van der Waals surface area contributed by atoms with Crippen molar-refractivity contribution in [2.75, 3.05) is 12.4 Å². The van der Waals surface area contributed by atoms with Gasteiger partial charge in [-0.25, -0.2) is 27.5 Å². The minimum absolute atomic E-state index is 0.180. The number of nitrogens with one attached hydrogen (secondary N) is 1. The quantitative estimate of drug-likeness (QED) is 0.663. The van der Waals surface area contributed by atoms with Gasteiger partial charge in [0.1, 0.15) is 11.4 Å². The van der Waals surface area contributed by atoms with Crippen LogP contribution in [0.4, 0.5) is 23.2 Å². The molecule has 0 spiro atoms. The number of carbonyl (C=O) groups excluding carboxylic acids is 1. The van der Waals surface area contributed by atoms with E-state index in [4.69, 9.17) is 4.74 Å². The molecule has 4 rings (SSSR count). The molecule has 28 heavy (non-hydrogen) atoms. The lowest BCUT2D eigenvalue weighted by molar-refractivity contribution is 0.101. The second-order valence-corrected chi connectivity index (χ2v) is 6.41. The first-order chi connectivity index (χ1) is 13.3. The summed E-state index contributed by atoms with van der Waals surface area (Å²) < 4.78 is 58.9. The van der Waals surface area contributed by atoms with E-state index in [1.54, 1.807) is 0 Å². The number of carbonyl (C=O) groups is 1. The molecule has 1 unspecified atom stereocenters. The number of pyridine rings is 2. The van der Waals surface area contributed by atoms with E-state index in [0.717, 1.165) is 6.07 Å². The van der Waals surface area contributed by atoms with E-state index < -0.39 is 29.9 Å². The Kier molecular flexibility index (Phi) is 4.20. The lowest BCUT2D eigenvalue weighted by Gasteiger charge is -2.09. The van der Waals surface area contributed by atoms with E-state index >= 15 is 0 Å². The van der Waals surface area contributed by atoms with Gasteiger partial charge >= 0.3 is 0 Å². The van der Waals surface area contributed by atoms with Crippen molar-refractivity contribution in [3.05, 3.63) is 53.7 Å². The molecule has 1 aliphatic carbocycles. The fourth-order valence-corrected chi connectivity index (χ4v) is 2.90. The zero-order valence-electron chi connectivity index (χ0n) is 14.5. The Morgan fingerprint density at radius 1 is 1.32 bits per heavy atom. The molecule has 0 saturated heterocycles. The fourth-order valence-electron chi connectivity index (χ4n) is 2.90. The third kappa shape index (κ3) is 3.25. The minimum Gasteiger partial charge on any atom is -0.493 e. The number of alkyl halides is 4. The van der Waals surface area contributed by atoms with Crippen molar-refractivity contribution in [3.63, 3.8) is 0 Å². The molecular weight excluding hydrogens is 380 g/mol. The van der Waals surface area contributed by atoms with Crippen LogP contribution in [0.25, 0.3) is 5.65 Å². The Balaban J connectivity index is 1.63. The van der Waals surface area contributed by atoms with Gasteiger partial charge in [0.15, 0.2) is 11.4 Å². The first-order valence-corrected chi connectivity index (χ1v) is 8.29. The molecule has 6 nitrogen and oxygen atoms in total. The Labute approximate surface area is 156 Å². The van der Waals surface area contributed by atoms with E-state index in [2.05, 4.69) is 15.3 Å². The maximum Gasteiger partial charge on any atom is 0.280 e. The molecular formula is C18H14F4N4O2. The van der Waals surface area contributed by atoms with Gasteiger partial charge in [-0.15, -0.1) is 0 Å². The normalized spacial score (nSPS) is 17.7. The van der Waals surface area contributed by atoms with Crippen LogP contribution < -0.4 is 10.1 Å². The molecule has 3 heterocycles. The summed E-state index contributed by atoms with van der Waals surface area (Å²) in [7, 11) is 1.38. The molecule has 146 valence electrons. The van der Waals surface area contributed by atoms with Gasteiger partial charge in [-0.3, -0.25) is 4.79 Å². The first-order valence-electron chi connectivity index (χ1n) is 8.29. The second kappa shape index (κ2) is 6.47. The largest absolute Gasteiger partial charge is 0.493 e. The van der Waals surface area contributed by atoms with Gasteiger partial charge in [0.25, 0.3) is 18.3 Å². The topological polar surface area (TPSA) is 68.5 Å².